The number of sulfonamides is 1. The third kappa shape index (κ3) is 10.1. The second-order valence-electron chi connectivity index (χ2n) is 11.3. The van der Waals surface area contributed by atoms with E-state index in [1.807, 2.05) is 50.2 Å². The van der Waals surface area contributed by atoms with E-state index < -0.39 is 34.3 Å². The minimum atomic E-state index is -4.01. The van der Waals surface area contributed by atoms with Gasteiger partial charge in [0, 0.05) is 49.5 Å². The topological polar surface area (TPSA) is 115 Å². The Hall–Kier alpha value is -3.31. The Morgan fingerprint density at radius 3 is 2.53 bits per heavy atom. The average molecular weight is 611 g/mol. The van der Waals surface area contributed by atoms with Crippen LogP contribution < -0.4 is 4.74 Å². The highest BCUT2D eigenvalue weighted by atomic mass is 32.2. The van der Waals surface area contributed by atoms with Crippen LogP contribution in [0.25, 0.3) is 0 Å². The second-order valence-corrected chi connectivity index (χ2v) is 13.3. The van der Waals surface area contributed by atoms with Crippen molar-refractivity contribution in [2.75, 3.05) is 19.7 Å². The lowest BCUT2D eigenvalue weighted by Gasteiger charge is -2.30. The van der Waals surface area contributed by atoms with Crippen molar-refractivity contribution in [2.24, 2.45) is 11.8 Å². The molecule has 1 aliphatic heterocycles. The van der Waals surface area contributed by atoms with E-state index >= 15 is 0 Å². The molecule has 0 aliphatic carbocycles. The van der Waals surface area contributed by atoms with Gasteiger partial charge in [0.1, 0.15) is 12.4 Å². The fourth-order valence-corrected chi connectivity index (χ4v) is 6.69. The summed E-state index contributed by atoms with van der Waals surface area (Å²) < 4.78 is 46.2. The van der Waals surface area contributed by atoms with Crippen molar-refractivity contribution in [1.29, 1.82) is 0 Å². The van der Waals surface area contributed by atoms with E-state index in [1.54, 1.807) is 30.6 Å². The molecule has 2 aromatic carbocycles. The standard InChI is InChI=1S/C33H42N2O7S/c1-25(2)22-35(43(38,39)30-14-8-13-29(20-30)42-33-15-6-7-17-40-33)23-31(36)28(18-26-10-4-3-5-11-26)19-32(37)41-24-27-12-9-16-34-21-27/h3-5,8-14,16,20-21,25,28,31,33,36H,6-7,15,17-19,22-24H2,1-2H3/t28-,31-,33?/m1/s1. The predicted molar refractivity (Wildman–Crippen MR) is 163 cm³/mol. The number of pyridine rings is 1. The zero-order chi connectivity index (χ0) is 30.7. The molecule has 2 heterocycles. The molecule has 1 fully saturated rings. The van der Waals surface area contributed by atoms with Gasteiger partial charge < -0.3 is 19.3 Å². The Kier molecular flexibility index (Phi) is 12.1. The fraction of sp³-hybridized carbons (Fsp3) is 0.455. The van der Waals surface area contributed by atoms with Gasteiger partial charge >= 0.3 is 5.97 Å². The lowest BCUT2D eigenvalue weighted by atomic mass is 9.90. The summed E-state index contributed by atoms with van der Waals surface area (Å²) >= 11 is 0. The van der Waals surface area contributed by atoms with Gasteiger partial charge in [0.25, 0.3) is 0 Å². The second kappa shape index (κ2) is 16.0. The summed E-state index contributed by atoms with van der Waals surface area (Å²) in [6.45, 7) is 4.55. The largest absolute Gasteiger partial charge is 0.465 e. The molecule has 1 saturated heterocycles. The van der Waals surface area contributed by atoms with Crippen molar-refractivity contribution in [3.05, 3.63) is 90.3 Å². The van der Waals surface area contributed by atoms with Crippen LogP contribution in [0.3, 0.4) is 0 Å². The van der Waals surface area contributed by atoms with Gasteiger partial charge in [-0.15, -0.1) is 0 Å². The summed E-state index contributed by atoms with van der Waals surface area (Å²) in [6, 6.07) is 19.5. The van der Waals surface area contributed by atoms with Crippen molar-refractivity contribution in [2.45, 2.75) is 69.8 Å². The quantitative estimate of drug-likeness (QED) is 0.240. The van der Waals surface area contributed by atoms with Gasteiger partial charge in [-0.3, -0.25) is 9.78 Å². The van der Waals surface area contributed by atoms with Gasteiger partial charge in [0.2, 0.25) is 10.0 Å². The molecule has 1 aromatic heterocycles. The van der Waals surface area contributed by atoms with Crippen LogP contribution in [0.5, 0.6) is 5.75 Å². The number of hydrogen-bond acceptors (Lipinski definition) is 8. The van der Waals surface area contributed by atoms with Crippen molar-refractivity contribution in [1.82, 2.24) is 9.29 Å². The number of carbonyl (C=O) groups is 1. The van der Waals surface area contributed by atoms with Crippen LogP contribution in [-0.2, 0) is 37.3 Å². The summed E-state index contributed by atoms with van der Waals surface area (Å²) in [6.07, 6.45) is 4.75. The average Bonchev–Trinajstić information content (AvgIpc) is 3.01. The molecular formula is C33H42N2O7S. The molecule has 0 spiro atoms. The summed E-state index contributed by atoms with van der Waals surface area (Å²) in [4.78, 5) is 17.0. The Balaban J connectivity index is 1.51. The van der Waals surface area contributed by atoms with Crippen molar-refractivity contribution in [3.8, 4) is 5.75 Å². The highest BCUT2D eigenvalue weighted by Crippen LogP contribution is 2.27. The highest BCUT2D eigenvalue weighted by molar-refractivity contribution is 7.89. The third-order valence-corrected chi connectivity index (χ3v) is 9.07. The van der Waals surface area contributed by atoms with Crippen molar-refractivity contribution >= 4 is 16.0 Å². The van der Waals surface area contributed by atoms with Gasteiger partial charge in [0.15, 0.2) is 6.29 Å². The first-order valence-corrected chi connectivity index (χ1v) is 16.3. The Bertz CT molecular complexity index is 1380. The molecule has 10 heteroatoms. The maximum atomic E-state index is 13.9. The molecule has 0 radical (unpaired) electrons. The van der Waals surface area contributed by atoms with Gasteiger partial charge in [-0.2, -0.15) is 4.31 Å². The lowest BCUT2D eigenvalue weighted by molar-refractivity contribution is -0.147. The number of carbonyl (C=O) groups excluding carboxylic acids is 1. The molecule has 0 amide bonds. The van der Waals surface area contributed by atoms with E-state index in [-0.39, 0.29) is 36.9 Å². The zero-order valence-corrected chi connectivity index (χ0v) is 25.7. The summed E-state index contributed by atoms with van der Waals surface area (Å²) in [7, 11) is -4.01. The van der Waals surface area contributed by atoms with E-state index in [0.29, 0.717) is 18.8 Å². The zero-order valence-electron chi connectivity index (χ0n) is 24.9. The number of hydrogen-bond donors (Lipinski definition) is 1. The number of aliphatic hydroxyl groups excluding tert-OH is 1. The number of benzene rings is 2. The Morgan fingerprint density at radius 2 is 1.84 bits per heavy atom. The molecule has 1 aliphatic rings. The predicted octanol–water partition coefficient (Wildman–Crippen LogP) is 4.99. The highest BCUT2D eigenvalue weighted by Gasteiger charge is 2.32. The van der Waals surface area contributed by atoms with Gasteiger partial charge in [-0.25, -0.2) is 8.42 Å². The van der Waals surface area contributed by atoms with E-state index in [9.17, 15) is 18.3 Å². The van der Waals surface area contributed by atoms with Crippen LogP contribution >= 0.6 is 0 Å². The molecule has 3 aromatic rings. The molecule has 43 heavy (non-hydrogen) atoms. The number of esters is 1. The lowest BCUT2D eigenvalue weighted by Crippen LogP contribution is -2.43. The first-order chi connectivity index (χ1) is 20.7. The van der Waals surface area contributed by atoms with E-state index in [2.05, 4.69) is 4.98 Å². The maximum Gasteiger partial charge on any atom is 0.306 e. The van der Waals surface area contributed by atoms with E-state index in [1.165, 1.54) is 16.4 Å². The normalized spacial score (nSPS) is 17.0. The van der Waals surface area contributed by atoms with Gasteiger partial charge in [-0.1, -0.05) is 56.3 Å². The first-order valence-electron chi connectivity index (χ1n) is 14.9. The van der Waals surface area contributed by atoms with Crippen molar-refractivity contribution < 1.29 is 32.5 Å². The van der Waals surface area contributed by atoms with Crippen LogP contribution in [0.4, 0.5) is 0 Å². The molecule has 0 bridgehead atoms. The monoisotopic (exact) mass is 610 g/mol. The van der Waals surface area contributed by atoms with Crippen LogP contribution in [0, 0.1) is 11.8 Å². The van der Waals surface area contributed by atoms with Crippen LogP contribution in [0.15, 0.2) is 84.0 Å². The molecule has 1 N–H and O–H groups in total. The number of nitrogens with zero attached hydrogens (tertiary/aromatic N) is 2. The van der Waals surface area contributed by atoms with Crippen LogP contribution in [0.2, 0.25) is 0 Å². The van der Waals surface area contributed by atoms with Crippen LogP contribution in [-0.4, -0.2) is 60.9 Å². The minimum Gasteiger partial charge on any atom is -0.465 e. The first kappa shape index (κ1) is 32.6. The number of ether oxygens (including phenoxy) is 3. The third-order valence-electron chi connectivity index (χ3n) is 7.24. The van der Waals surface area contributed by atoms with E-state index in [4.69, 9.17) is 14.2 Å². The summed E-state index contributed by atoms with van der Waals surface area (Å²) in [5.74, 6) is -0.644. The number of aliphatic hydroxyl groups is 1. The summed E-state index contributed by atoms with van der Waals surface area (Å²) in [5.41, 5.74) is 1.69. The number of aromatic nitrogens is 1. The summed E-state index contributed by atoms with van der Waals surface area (Å²) in [5, 5.41) is 11.5. The van der Waals surface area contributed by atoms with Gasteiger partial charge in [-0.05, 0) is 48.9 Å². The van der Waals surface area contributed by atoms with E-state index in [0.717, 1.165) is 30.4 Å². The maximum absolute atomic E-state index is 13.9. The molecule has 0 saturated carbocycles. The molecule has 4 rings (SSSR count). The smallest absolute Gasteiger partial charge is 0.306 e. The molecule has 1 unspecified atom stereocenters. The Labute approximate surface area is 254 Å². The van der Waals surface area contributed by atoms with Crippen LogP contribution in [0.1, 0.15) is 50.7 Å². The molecular weight excluding hydrogens is 568 g/mol. The van der Waals surface area contributed by atoms with Gasteiger partial charge in [0.05, 0.1) is 24.0 Å². The molecule has 9 nitrogen and oxygen atoms in total. The number of rotatable bonds is 15. The minimum absolute atomic E-state index is 0.00549. The Morgan fingerprint density at radius 1 is 1.05 bits per heavy atom. The SMILES string of the molecule is CC(C)CN(C[C@@H](O)[C@@H](CC(=O)OCc1cccnc1)Cc1ccccc1)S(=O)(=O)c1cccc(OC2CCCCO2)c1. The van der Waals surface area contributed by atoms with Crippen molar-refractivity contribution in [3.63, 3.8) is 0 Å². The molecule has 3 atom stereocenters. The molecule has 232 valence electrons. The fourth-order valence-electron chi connectivity index (χ4n) is 5.03.